The van der Waals surface area contributed by atoms with Gasteiger partial charge in [-0.3, -0.25) is 9.20 Å². The molecule has 0 aromatic carbocycles. The number of carbonyl (C=O) groups excluding carboxylic acids is 1. The quantitative estimate of drug-likeness (QED) is 0.821. The number of aryl methyl sites for hydroxylation is 1. The lowest BCUT2D eigenvalue weighted by Crippen LogP contribution is -2.33. The number of pyridine rings is 1. The fraction of sp³-hybridized carbons (Fsp3) is 0.500. The molecule has 0 radical (unpaired) electrons. The largest absolute Gasteiger partial charge is 0.493 e. The first-order chi connectivity index (χ1) is 10.1. The van der Waals surface area contributed by atoms with Gasteiger partial charge in [0.05, 0.1) is 12.8 Å². The zero-order valence-electron chi connectivity index (χ0n) is 13.2. The first-order valence-corrected chi connectivity index (χ1v) is 7.44. The molecule has 114 valence electrons. The summed E-state index contributed by atoms with van der Waals surface area (Å²) in [7, 11) is 1.61. The van der Waals surface area contributed by atoms with Crippen LogP contribution in [0.2, 0.25) is 0 Å². The van der Waals surface area contributed by atoms with Gasteiger partial charge in [0.15, 0.2) is 11.4 Å². The zero-order valence-corrected chi connectivity index (χ0v) is 13.2. The van der Waals surface area contributed by atoms with Crippen LogP contribution in [0.5, 0.6) is 5.75 Å². The Balaban J connectivity index is 2.45. The summed E-state index contributed by atoms with van der Waals surface area (Å²) in [5, 5.41) is 0. The van der Waals surface area contributed by atoms with Crippen molar-refractivity contribution in [2.45, 2.75) is 33.6 Å². The van der Waals surface area contributed by atoms with Gasteiger partial charge in [0.2, 0.25) is 0 Å². The van der Waals surface area contributed by atoms with Gasteiger partial charge >= 0.3 is 0 Å². The Morgan fingerprint density at radius 2 is 2.19 bits per heavy atom. The molecular weight excluding hydrogens is 266 g/mol. The number of fused-ring (bicyclic) bond motifs is 1. The van der Waals surface area contributed by atoms with Crippen molar-refractivity contribution in [2.75, 3.05) is 20.2 Å². The van der Waals surface area contributed by atoms with E-state index in [-0.39, 0.29) is 5.91 Å². The van der Waals surface area contributed by atoms with Crippen LogP contribution in [0, 0.1) is 6.92 Å². The van der Waals surface area contributed by atoms with Crippen molar-refractivity contribution in [2.24, 2.45) is 0 Å². The maximum absolute atomic E-state index is 12.8. The van der Waals surface area contributed by atoms with Gasteiger partial charge in [0.1, 0.15) is 5.69 Å². The van der Waals surface area contributed by atoms with E-state index in [1.165, 1.54) is 0 Å². The Kier molecular flexibility index (Phi) is 4.83. The smallest absolute Gasteiger partial charge is 0.272 e. The Hall–Kier alpha value is -2.04. The highest BCUT2D eigenvalue weighted by Crippen LogP contribution is 2.22. The molecule has 0 saturated carbocycles. The summed E-state index contributed by atoms with van der Waals surface area (Å²) in [6.45, 7) is 7.49. The highest BCUT2D eigenvalue weighted by Gasteiger charge is 2.22. The molecule has 0 fully saturated rings. The number of amides is 1. The number of carbonyl (C=O) groups is 1. The van der Waals surface area contributed by atoms with Gasteiger partial charge in [0.25, 0.3) is 5.91 Å². The van der Waals surface area contributed by atoms with Crippen LogP contribution in [0.1, 0.15) is 42.9 Å². The fourth-order valence-electron chi connectivity index (χ4n) is 2.48. The van der Waals surface area contributed by atoms with Crippen molar-refractivity contribution in [1.29, 1.82) is 0 Å². The van der Waals surface area contributed by atoms with E-state index < -0.39 is 0 Å². The Bertz CT molecular complexity index is 634. The number of aromatic nitrogens is 2. The third-order valence-corrected chi connectivity index (χ3v) is 3.66. The summed E-state index contributed by atoms with van der Waals surface area (Å²) >= 11 is 0. The molecule has 21 heavy (non-hydrogen) atoms. The monoisotopic (exact) mass is 289 g/mol. The first-order valence-electron chi connectivity index (χ1n) is 7.44. The summed E-state index contributed by atoms with van der Waals surface area (Å²) in [6, 6.07) is 3.72. The fourth-order valence-corrected chi connectivity index (χ4v) is 2.48. The van der Waals surface area contributed by atoms with Crippen LogP contribution < -0.4 is 4.74 Å². The molecule has 0 bridgehead atoms. The number of nitrogens with zero attached hydrogens (tertiary/aromatic N) is 3. The number of hydrogen-bond acceptors (Lipinski definition) is 3. The summed E-state index contributed by atoms with van der Waals surface area (Å²) in [6.07, 6.45) is 3.95. The molecule has 0 aliphatic heterocycles. The van der Waals surface area contributed by atoms with E-state index in [1.54, 1.807) is 7.11 Å². The van der Waals surface area contributed by atoms with E-state index in [0.29, 0.717) is 23.6 Å². The molecule has 5 nitrogen and oxygen atoms in total. The van der Waals surface area contributed by atoms with Gasteiger partial charge in [-0.05, 0) is 32.4 Å². The molecule has 0 spiro atoms. The van der Waals surface area contributed by atoms with Crippen molar-refractivity contribution >= 4 is 11.6 Å². The van der Waals surface area contributed by atoms with Crippen LogP contribution in [0.15, 0.2) is 18.3 Å². The molecule has 2 aromatic rings. The SMILES string of the molecule is CCCCN(CC)C(=O)c1c(C)nc2c(OC)cccn12. The van der Waals surface area contributed by atoms with Crippen molar-refractivity contribution in [3.05, 3.63) is 29.7 Å². The zero-order chi connectivity index (χ0) is 15.4. The van der Waals surface area contributed by atoms with Gasteiger partial charge < -0.3 is 9.64 Å². The molecule has 0 atom stereocenters. The minimum Gasteiger partial charge on any atom is -0.493 e. The maximum atomic E-state index is 12.8. The van der Waals surface area contributed by atoms with Crippen molar-refractivity contribution < 1.29 is 9.53 Å². The molecule has 0 aliphatic rings. The van der Waals surface area contributed by atoms with Gasteiger partial charge in [-0.25, -0.2) is 4.98 Å². The highest BCUT2D eigenvalue weighted by atomic mass is 16.5. The van der Waals surface area contributed by atoms with E-state index in [9.17, 15) is 4.79 Å². The van der Waals surface area contributed by atoms with Crippen LogP contribution in [-0.2, 0) is 0 Å². The molecule has 0 aliphatic carbocycles. The standard InChI is InChI=1S/C16H23N3O2/c1-5-7-10-18(6-2)16(20)14-12(3)17-15-13(21-4)9-8-11-19(14)15/h8-9,11H,5-7,10H2,1-4H3. The second-order valence-corrected chi connectivity index (χ2v) is 5.05. The van der Waals surface area contributed by atoms with Crippen LogP contribution in [0.25, 0.3) is 5.65 Å². The van der Waals surface area contributed by atoms with Gasteiger partial charge in [0, 0.05) is 19.3 Å². The predicted octanol–water partition coefficient (Wildman–Crippen LogP) is 2.91. The van der Waals surface area contributed by atoms with E-state index in [4.69, 9.17) is 4.74 Å². The van der Waals surface area contributed by atoms with Crippen molar-refractivity contribution in [3.63, 3.8) is 0 Å². The minimum atomic E-state index is 0.0317. The van der Waals surface area contributed by atoms with E-state index in [0.717, 1.165) is 25.1 Å². The molecule has 0 saturated heterocycles. The summed E-state index contributed by atoms with van der Waals surface area (Å²) < 4.78 is 7.14. The average molecular weight is 289 g/mol. The summed E-state index contributed by atoms with van der Waals surface area (Å²) in [5.74, 6) is 0.709. The second-order valence-electron chi connectivity index (χ2n) is 5.05. The molecule has 1 amide bonds. The molecule has 2 heterocycles. The van der Waals surface area contributed by atoms with Crippen LogP contribution in [0.3, 0.4) is 0 Å². The maximum Gasteiger partial charge on any atom is 0.272 e. The van der Waals surface area contributed by atoms with E-state index >= 15 is 0 Å². The van der Waals surface area contributed by atoms with Crippen LogP contribution in [-0.4, -0.2) is 40.4 Å². The number of methoxy groups -OCH3 is 1. The van der Waals surface area contributed by atoms with Crippen LogP contribution in [0.4, 0.5) is 0 Å². The molecule has 2 aromatic heterocycles. The Morgan fingerprint density at radius 1 is 1.43 bits per heavy atom. The van der Waals surface area contributed by atoms with Crippen LogP contribution >= 0.6 is 0 Å². The number of ether oxygens (including phenoxy) is 1. The molecular formula is C16H23N3O2. The number of hydrogen-bond donors (Lipinski definition) is 0. The lowest BCUT2D eigenvalue weighted by atomic mass is 10.2. The minimum absolute atomic E-state index is 0.0317. The topological polar surface area (TPSA) is 46.8 Å². The number of imidazole rings is 1. The van der Waals surface area contributed by atoms with E-state index in [1.807, 2.05) is 41.5 Å². The van der Waals surface area contributed by atoms with Crippen molar-refractivity contribution in [3.8, 4) is 5.75 Å². The Labute approximate surface area is 125 Å². The van der Waals surface area contributed by atoms with Gasteiger partial charge in [-0.15, -0.1) is 0 Å². The highest BCUT2D eigenvalue weighted by molar-refractivity contribution is 5.95. The third kappa shape index (κ3) is 2.86. The number of rotatable bonds is 6. The van der Waals surface area contributed by atoms with Gasteiger partial charge in [-0.1, -0.05) is 13.3 Å². The predicted molar refractivity (Wildman–Crippen MR) is 83.0 cm³/mol. The van der Waals surface area contributed by atoms with E-state index in [2.05, 4.69) is 11.9 Å². The summed E-state index contributed by atoms with van der Waals surface area (Å²) in [4.78, 5) is 19.2. The molecule has 0 unspecified atom stereocenters. The average Bonchev–Trinajstić information content (AvgIpc) is 2.83. The van der Waals surface area contributed by atoms with Crippen molar-refractivity contribution in [1.82, 2.24) is 14.3 Å². The first kappa shape index (κ1) is 15.4. The van der Waals surface area contributed by atoms with Gasteiger partial charge in [-0.2, -0.15) is 0 Å². The second kappa shape index (κ2) is 6.61. The molecule has 5 heteroatoms. The number of unbranched alkanes of at least 4 members (excludes halogenated alkanes) is 1. The lowest BCUT2D eigenvalue weighted by Gasteiger charge is -2.20. The summed E-state index contributed by atoms with van der Waals surface area (Å²) in [5.41, 5.74) is 2.05. The Morgan fingerprint density at radius 3 is 2.81 bits per heavy atom. The lowest BCUT2D eigenvalue weighted by molar-refractivity contribution is 0.0754. The third-order valence-electron chi connectivity index (χ3n) is 3.66. The molecule has 2 rings (SSSR count). The normalized spacial score (nSPS) is 10.9. The molecule has 0 N–H and O–H groups in total.